The predicted molar refractivity (Wildman–Crippen MR) is 106 cm³/mol. The second kappa shape index (κ2) is 8.93. The lowest BCUT2D eigenvalue weighted by Crippen LogP contribution is -2.48. The van der Waals surface area contributed by atoms with Crippen LogP contribution in [0.3, 0.4) is 0 Å². The van der Waals surface area contributed by atoms with Crippen molar-refractivity contribution in [1.29, 1.82) is 5.41 Å². The Morgan fingerprint density at radius 1 is 1.37 bits per heavy atom. The molecule has 0 saturated carbocycles. The van der Waals surface area contributed by atoms with Crippen LogP contribution in [0.2, 0.25) is 0 Å². The number of ether oxygens (including phenoxy) is 1. The second-order valence-electron chi connectivity index (χ2n) is 7.42. The van der Waals surface area contributed by atoms with E-state index in [1.807, 2.05) is 44.2 Å². The molecule has 5 nitrogen and oxygen atoms in total. The van der Waals surface area contributed by atoms with Crippen molar-refractivity contribution in [3.63, 3.8) is 0 Å². The summed E-state index contributed by atoms with van der Waals surface area (Å²) in [4.78, 5) is 17.4. The molecule has 0 bridgehead atoms. The SMILES string of the molecule is CC(C)[C@H]1OC(=O)[C@](C)(CC/C=C(\F)CCC(=N)N)N=C1c1ccccc1. The molecule has 0 amide bonds. The van der Waals surface area contributed by atoms with E-state index in [4.69, 9.17) is 20.9 Å². The number of halogens is 1. The summed E-state index contributed by atoms with van der Waals surface area (Å²) in [7, 11) is 0. The number of carbonyl (C=O) groups excluding carboxylic acids is 1. The first-order chi connectivity index (χ1) is 12.7. The number of nitrogens with one attached hydrogen (secondary N) is 1. The van der Waals surface area contributed by atoms with Crippen molar-refractivity contribution in [1.82, 2.24) is 0 Å². The zero-order valence-electron chi connectivity index (χ0n) is 16.2. The van der Waals surface area contributed by atoms with Crippen LogP contribution in [0.15, 0.2) is 47.2 Å². The monoisotopic (exact) mass is 373 g/mol. The van der Waals surface area contributed by atoms with Crippen molar-refractivity contribution in [2.24, 2.45) is 16.6 Å². The lowest BCUT2D eigenvalue weighted by Gasteiger charge is -2.35. The van der Waals surface area contributed by atoms with Crippen LogP contribution in [0, 0.1) is 11.3 Å². The first-order valence-corrected chi connectivity index (χ1v) is 9.26. The lowest BCUT2D eigenvalue weighted by molar-refractivity contribution is -0.155. The number of nitrogens with zero attached hydrogens (tertiary/aromatic N) is 1. The first kappa shape index (κ1) is 20.8. The minimum atomic E-state index is -1.05. The maximum absolute atomic E-state index is 13.8. The summed E-state index contributed by atoms with van der Waals surface area (Å²) in [5, 5.41) is 7.14. The van der Waals surface area contributed by atoms with Crippen LogP contribution in [0.25, 0.3) is 0 Å². The quantitative estimate of drug-likeness (QED) is 0.407. The fourth-order valence-electron chi connectivity index (χ4n) is 2.99. The van der Waals surface area contributed by atoms with E-state index in [0.29, 0.717) is 12.8 Å². The molecule has 0 aliphatic carbocycles. The molecule has 1 aromatic carbocycles. The molecule has 146 valence electrons. The highest BCUT2D eigenvalue weighted by Gasteiger charge is 2.42. The summed E-state index contributed by atoms with van der Waals surface area (Å²) in [6, 6.07) is 9.69. The smallest absolute Gasteiger partial charge is 0.334 e. The fraction of sp³-hybridized carbons (Fsp3) is 0.476. The highest BCUT2D eigenvalue weighted by Crippen LogP contribution is 2.30. The summed E-state index contributed by atoms with van der Waals surface area (Å²) in [6.45, 7) is 5.72. The average molecular weight is 373 g/mol. The van der Waals surface area contributed by atoms with Gasteiger partial charge in [0, 0.05) is 12.8 Å². The number of allylic oxidation sites excluding steroid dienone is 2. The summed E-state index contributed by atoms with van der Waals surface area (Å²) >= 11 is 0. The molecule has 3 N–H and O–H groups in total. The molecule has 0 saturated heterocycles. The number of hydrogen-bond acceptors (Lipinski definition) is 4. The van der Waals surface area contributed by atoms with Gasteiger partial charge in [-0.15, -0.1) is 0 Å². The second-order valence-corrected chi connectivity index (χ2v) is 7.42. The molecular formula is C21H28FN3O2. The molecule has 1 heterocycles. The van der Waals surface area contributed by atoms with Gasteiger partial charge in [0.2, 0.25) is 0 Å². The van der Waals surface area contributed by atoms with Gasteiger partial charge in [0.05, 0.1) is 17.4 Å². The predicted octanol–water partition coefficient (Wildman–Crippen LogP) is 4.17. The van der Waals surface area contributed by atoms with Gasteiger partial charge in [0.15, 0.2) is 5.54 Å². The Morgan fingerprint density at radius 2 is 2.04 bits per heavy atom. The van der Waals surface area contributed by atoms with Crippen molar-refractivity contribution in [2.45, 2.75) is 58.1 Å². The average Bonchev–Trinajstić information content (AvgIpc) is 2.62. The van der Waals surface area contributed by atoms with Crippen molar-refractivity contribution in [3.8, 4) is 0 Å². The molecule has 0 fully saturated rings. The van der Waals surface area contributed by atoms with E-state index < -0.39 is 11.6 Å². The van der Waals surface area contributed by atoms with Gasteiger partial charge in [0.25, 0.3) is 0 Å². The summed E-state index contributed by atoms with van der Waals surface area (Å²) < 4.78 is 19.5. The molecule has 0 radical (unpaired) electrons. The van der Waals surface area contributed by atoms with Gasteiger partial charge < -0.3 is 10.5 Å². The van der Waals surface area contributed by atoms with E-state index in [2.05, 4.69) is 0 Å². The highest BCUT2D eigenvalue weighted by molar-refractivity contribution is 6.08. The normalized spacial score (nSPS) is 23.1. The van der Waals surface area contributed by atoms with E-state index >= 15 is 0 Å². The molecule has 1 aliphatic rings. The van der Waals surface area contributed by atoms with E-state index in [1.54, 1.807) is 6.92 Å². The Balaban J connectivity index is 2.21. The number of aliphatic imine (C=N–C) groups is 1. The third-order valence-electron chi connectivity index (χ3n) is 4.62. The number of hydrogen-bond donors (Lipinski definition) is 2. The van der Waals surface area contributed by atoms with Gasteiger partial charge in [-0.05, 0) is 31.2 Å². The van der Waals surface area contributed by atoms with Gasteiger partial charge in [-0.3, -0.25) is 10.4 Å². The molecule has 0 aromatic heterocycles. The van der Waals surface area contributed by atoms with Crippen LogP contribution in [0.5, 0.6) is 0 Å². The fourth-order valence-corrected chi connectivity index (χ4v) is 2.99. The number of amidine groups is 1. The van der Waals surface area contributed by atoms with Crippen LogP contribution in [-0.4, -0.2) is 29.2 Å². The molecule has 2 atom stereocenters. The van der Waals surface area contributed by atoms with Crippen molar-refractivity contribution in [3.05, 3.63) is 47.8 Å². The Hall–Kier alpha value is -2.50. The lowest BCUT2D eigenvalue weighted by atomic mass is 9.89. The number of esters is 1. The first-order valence-electron chi connectivity index (χ1n) is 9.26. The van der Waals surface area contributed by atoms with Crippen molar-refractivity contribution >= 4 is 17.5 Å². The van der Waals surface area contributed by atoms with Crippen LogP contribution in [-0.2, 0) is 9.53 Å². The van der Waals surface area contributed by atoms with Gasteiger partial charge in [-0.1, -0.05) is 50.3 Å². The molecule has 27 heavy (non-hydrogen) atoms. The summed E-state index contributed by atoms with van der Waals surface area (Å²) in [5.41, 5.74) is 5.88. The molecular weight excluding hydrogens is 345 g/mol. The zero-order chi connectivity index (χ0) is 20.0. The van der Waals surface area contributed by atoms with Crippen LogP contribution >= 0.6 is 0 Å². The molecule has 0 unspecified atom stereocenters. The van der Waals surface area contributed by atoms with Gasteiger partial charge in [0.1, 0.15) is 6.10 Å². The number of nitrogens with two attached hydrogens (primary N) is 1. The number of rotatable bonds is 8. The molecule has 6 heteroatoms. The Morgan fingerprint density at radius 3 is 2.63 bits per heavy atom. The zero-order valence-corrected chi connectivity index (χ0v) is 16.2. The van der Waals surface area contributed by atoms with Crippen LogP contribution in [0.1, 0.15) is 52.0 Å². The highest BCUT2D eigenvalue weighted by atomic mass is 19.1. The summed E-state index contributed by atoms with van der Waals surface area (Å²) in [6.07, 6.45) is 2.04. The van der Waals surface area contributed by atoms with Crippen molar-refractivity contribution in [2.75, 3.05) is 0 Å². The number of cyclic esters (lactones) is 1. The third-order valence-corrected chi connectivity index (χ3v) is 4.62. The minimum Gasteiger partial charge on any atom is -0.454 e. The molecule has 1 aliphatic heterocycles. The maximum Gasteiger partial charge on any atom is 0.334 e. The molecule has 1 aromatic rings. The van der Waals surface area contributed by atoms with E-state index in [-0.39, 0.29) is 36.4 Å². The molecule has 0 spiro atoms. The van der Waals surface area contributed by atoms with Crippen LogP contribution < -0.4 is 5.73 Å². The van der Waals surface area contributed by atoms with E-state index in [0.717, 1.165) is 11.3 Å². The van der Waals surface area contributed by atoms with E-state index in [9.17, 15) is 9.18 Å². The Labute approximate surface area is 160 Å². The summed E-state index contributed by atoms with van der Waals surface area (Å²) in [5.74, 6) is -0.650. The van der Waals surface area contributed by atoms with E-state index in [1.165, 1.54) is 6.08 Å². The maximum atomic E-state index is 13.8. The van der Waals surface area contributed by atoms with Gasteiger partial charge in [-0.2, -0.15) is 0 Å². The molecule has 2 rings (SSSR count). The van der Waals surface area contributed by atoms with Crippen LogP contribution in [0.4, 0.5) is 4.39 Å². The third kappa shape index (κ3) is 5.49. The Kier molecular flexibility index (Phi) is 6.88. The van der Waals surface area contributed by atoms with Gasteiger partial charge >= 0.3 is 5.97 Å². The minimum absolute atomic E-state index is 0.0433. The number of carbonyl (C=O) groups is 1. The standard InChI is InChI=1S/C21H28FN3O2/c1-14(2)19-18(15-8-5-4-6-9-15)25-21(3,20(26)27-19)13-7-10-16(22)11-12-17(23)24/h4-6,8-10,14,19H,7,11-13H2,1-3H3,(H3,23,24)/b16-10-/t19-,21+/m1/s1. The largest absolute Gasteiger partial charge is 0.454 e. The van der Waals surface area contributed by atoms with Gasteiger partial charge in [-0.25, -0.2) is 9.18 Å². The topological polar surface area (TPSA) is 88.5 Å². The Bertz CT molecular complexity index is 743. The number of benzene rings is 1. The van der Waals surface area contributed by atoms with Crippen molar-refractivity contribution < 1.29 is 13.9 Å².